The minimum Gasteiger partial charge on any atom is -0.462 e. The Balaban J connectivity index is 4.46. The number of hydrogen-bond acceptors (Lipinski definition) is 6. The van der Waals surface area contributed by atoms with Crippen molar-refractivity contribution in [1.82, 2.24) is 0 Å². The van der Waals surface area contributed by atoms with Crippen LogP contribution >= 0.6 is 0 Å². The van der Waals surface area contributed by atoms with Crippen LogP contribution in [-0.4, -0.2) is 37.2 Å². The maximum absolute atomic E-state index is 12.8. The van der Waals surface area contributed by atoms with E-state index in [-0.39, 0.29) is 31.1 Å². The van der Waals surface area contributed by atoms with Gasteiger partial charge in [-0.1, -0.05) is 251 Å². The molecule has 0 aliphatic rings. The molecular formula is C60H96O6. The number of rotatable bonds is 46. The average molecular weight is 913 g/mol. The Morgan fingerprint density at radius 2 is 0.667 bits per heavy atom. The Morgan fingerprint density at radius 1 is 0.333 bits per heavy atom. The van der Waals surface area contributed by atoms with Gasteiger partial charge in [0.25, 0.3) is 0 Å². The summed E-state index contributed by atoms with van der Waals surface area (Å²) in [5.41, 5.74) is 0. The van der Waals surface area contributed by atoms with Gasteiger partial charge in [0.05, 0.1) is 0 Å². The second kappa shape index (κ2) is 53.4. The molecule has 0 amide bonds. The maximum atomic E-state index is 12.8. The average Bonchev–Trinajstić information content (AvgIpc) is 3.31. The number of unbranched alkanes of at least 4 members (excludes halogenated alkanes) is 21. The zero-order chi connectivity index (χ0) is 47.9. The van der Waals surface area contributed by atoms with Crippen LogP contribution in [0.5, 0.6) is 0 Å². The van der Waals surface area contributed by atoms with E-state index in [4.69, 9.17) is 14.2 Å². The summed E-state index contributed by atoms with van der Waals surface area (Å²) in [4.78, 5) is 38.0. The van der Waals surface area contributed by atoms with Crippen LogP contribution in [0.2, 0.25) is 0 Å². The van der Waals surface area contributed by atoms with Crippen LogP contribution < -0.4 is 0 Å². The standard InChI is InChI=1S/C60H96O6/c1-4-7-10-13-16-19-22-24-26-28-30-32-34-36-38-41-44-47-50-53-59(62)65-56-57(55-64-58(61)52-49-46-43-40-21-18-15-12-9-6-3)66-60(63)54-51-48-45-42-39-37-35-33-31-29-27-25-23-20-17-14-11-8-5-2/h7-8,10-11,13,16-17,19-20,22,24-28,30,32,34,36,38,57H,4-6,9,12,14-15,18,21,23,29,31,33,35,37,39-56H2,1-3H3/b10-7-,11-8-,16-13-,20-17-,22-19-,26-24-,27-25-,30-28+,34-32-,38-36-. The van der Waals surface area contributed by atoms with Gasteiger partial charge in [-0.3, -0.25) is 14.4 Å². The quantitative estimate of drug-likeness (QED) is 0.0199. The van der Waals surface area contributed by atoms with Gasteiger partial charge in [-0.15, -0.1) is 0 Å². The summed E-state index contributed by atoms with van der Waals surface area (Å²) >= 11 is 0. The fourth-order valence-corrected chi connectivity index (χ4v) is 6.97. The molecule has 0 saturated heterocycles. The van der Waals surface area contributed by atoms with Crippen molar-refractivity contribution in [3.63, 3.8) is 0 Å². The maximum Gasteiger partial charge on any atom is 0.306 e. The molecule has 0 aliphatic carbocycles. The van der Waals surface area contributed by atoms with Gasteiger partial charge < -0.3 is 14.2 Å². The molecular weight excluding hydrogens is 817 g/mol. The summed E-state index contributed by atoms with van der Waals surface area (Å²) in [6.07, 6.45) is 73.2. The van der Waals surface area contributed by atoms with E-state index in [9.17, 15) is 14.4 Å². The summed E-state index contributed by atoms with van der Waals surface area (Å²) in [6, 6.07) is 0. The molecule has 0 fully saturated rings. The third kappa shape index (κ3) is 50.8. The Hall–Kier alpha value is -4.19. The summed E-state index contributed by atoms with van der Waals surface area (Å²) in [5.74, 6) is -0.955. The van der Waals surface area contributed by atoms with Crippen molar-refractivity contribution in [2.75, 3.05) is 13.2 Å². The van der Waals surface area contributed by atoms with Crippen molar-refractivity contribution in [2.45, 2.75) is 226 Å². The summed E-state index contributed by atoms with van der Waals surface area (Å²) in [5, 5.41) is 0. The van der Waals surface area contributed by atoms with Gasteiger partial charge in [0.1, 0.15) is 13.2 Å². The molecule has 0 radical (unpaired) electrons. The molecule has 0 aromatic rings. The smallest absolute Gasteiger partial charge is 0.306 e. The predicted octanol–water partition coefficient (Wildman–Crippen LogP) is 17.7. The highest BCUT2D eigenvalue weighted by Gasteiger charge is 2.19. The van der Waals surface area contributed by atoms with Crippen molar-refractivity contribution in [1.29, 1.82) is 0 Å². The van der Waals surface area contributed by atoms with Crippen LogP contribution in [-0.2, 0) is 28.6 Å². The molecule has 0 bridgehead atoms. The van der Waals surface area contributed by atoms with Crippen LogP contribution in [0.3, 0.4) is 0 Å². The minimum atomic E-state index is -0.801. The van der Waals surface area contributed by atoms with Crippen molar-refractivity contribution < 1.29 is 28.6 Å². The van der Waals surface area contributed by atoms with Crippen molar-refractivity contribution in [3.05, 3.63) is 122 Å². The SMILES string of the molecule is CC\C=C/C=C\C=C/C=C\C=C\C=C/C=C\CCCCCC(=O)OCC(COC(=O)CCCCCCCCCCCC)OC(=O)CCCCCCCCCCC/C=C\C/C=C\C/C=C\CC. The van der Waals surface area contributed by atoms with Gasteiger partial charge in [-0.25, -0.2) is 0 Å². The van der Waals surface area contributed by atoms with E-state index in [2.05, 4.69) is 69.4 Å². The van der Waals surface area contributed by atoms with Crippen molar-refractivity contribution >= 4 is 17.9 Å². The molecule has 0 N–H and O–H groups in total. The first kappa shape index (κ1) is 61.8. The van der Waals surface area contributed by atoms with Gasteiger partial charge in [-0.05, 0) is 70.6 Å². The number of carbonyl (C=O) groups is 3. The molecule has 0 spiro atoms. The molecule has 0 aromatic heterocycles. The van der Waals surface area contributed by atoms with E-state index in [1.165, 1.54) is 83.5 Å². The first-order valence-electron chi connectivity index (χ1n) is 26.6. The number of allylic oxidation sites excluding steroid dienone is 20. The zero-order valence-electron chi connectivity index (χ0n) is 42.4. The Kier molecular flexibility index (Phi) is 50.0. The number of carbonyl (C=O) groups excluding carboxylic acids is 3. The normalized spacial score (nSPS) is 13.1. The highest BCUT2D eigenvalue weighted by atomic mass is 16.6. The first-order chi connectivity index (χ1) is 32.5. The Morgan fingerprint density at radius 3 is 1.12 bits per heavy atom. The van der Waals surface area contributed by atoms with E-state index in [1.54, 1.807) is 0 Å². The van der Waals surface area contributed by atoms with E-state index in [0.29, 0.717) is 19.3 Å². The second-order valence-electron chi connectivity index (χ2n) is 17.2. The molecule has 0 aliphatic heterocycles. The molecule has 0 rings (SSSR count). The fraction of sp³-hybridized carbons (Fsp3) is 0.617. The predicted molar refractivity (Wildman–Crippen MR) is 283 cm³/mol. The summed E-state index contributed by atoms with van der Waals surface area (Å²) in [7, 11) is 0. The van der Waals surface area contributed by atoms with Gasteiger partial charge in [0, 0.05) is 19.3 Å². The number of ether oxygens (including phenoxy) is 3. The first-order valence-corrected chi connectivity index (χ1v) is 26.6. The highest BCUT2D eigenvalue weighted by molar-refractivity contribution is 5.71. The summed E-state index contributed by atoms with van der Waals surface area (Å²) < 4.78 is 16.8. The third-order valence-corrected chi connectivity index (χ3v) is 10.9. The molecule has 372 valence electrons. The Labute approximate surface area is 405 Å². The number of hydrogen-bond donors (Lipinski definition) is 0. The topological polar surface area (TPSA) is 78.9 Å². The van der Waals surface area contributed by atoms with Crippen LogP contribution in [0.15, 0.2) is 122 Å². The van der Waals surface area contributed by atoms with E-state index in [1.807, 2.05) is 72.9 Å². The monoisotopic (exact) mass is 913 g/mol. The molecule has 0 aromatic carbocycles. The van der Waals surface area contributed by atoms with E-state index >= 15 is 0 Å². The lowest BCUT2D eigenvalue weighted by Gasteiger charge is -2.18. The van der Waals surface area contributed by atoms with Crippen LogP contribution in [0, 0.1) is 0 Å². The lowest BCUT2D eigenvalue weighted by Crippen LogP contribution is -2.30. The van der Waals surface area contributed by atoms with Gasteiger partial charge in [-0.2, -0.15) is 0 Å². The zero-order valence-corrected chi connectivity index (χ0v) is 42.4. The van der Waals surface area contributed by atoms with Gasteiger partial charge >= 0.3 is 17.9 Å². The molecule has 0 saturated carbocycles. The highest BCUT2D eigenvalue weighted by Crippen LogP contribution is 2.14. The molecule has 6 heteroatoms. The van der Waals surface area contributed by atoms with Crippen LogP contribution in [0.4, 0.5) is 0 Å². The molecule has 1 atom stereocenters. The third-order valence-electron chi connectivity index (χ3n) is 10.9. The van der Waals surface area contributed by atoms with Crippen LogP contribution in [0.25, 0.3) is 0 Å². The molecule has 66 heavy (non-hydrogen) atoms. The summed E-state index contributed by atoms with van der Waals surface area (Å²) in [6.45, 7) is 6.32. The van der Waals surface area contributed by atoms with Gasteiger partial charge in [0.15, 0.2) is 6.10 Å². The fourth-order valence-electron chi connectivity index (χ4n) is 6.97. The minimum absolute atomic E-state index is 0.0969. The van der Waals surface area contributed by atoms with E-state index < -0.39 is 6.10 Å². The lowest BCUT2D eigenvalue weighted by molar-refractivity contribution is -0.167. The Bertz CT molecular complexity index is 1420. The second-order valence-corrected chi connectivity index (χ2v) is 17.2. The number of esters is 3. The van der Waals surface area contributed by atoms with E-state index in [0.717, 1.165) is 96.3 Å². The van der Waals surface area contributed by atoms with Crippen molar-refractivity contribution in [3.8, 4) is 0 Å². The van der Waals surface area contributed by atoms with Crippen LogP contribution in [0.1, 0.15) is 220 Å². The largest absolute Gasteiger partial charge is 0.462 e. The van der Waals surface area contributed by atoms with Crippen molar-refractivity contribution in [2.24, 2.45) is 0 Å². The lowest BCUT2D eigenvalue weighted by atomic mass is 10.1. The van der Waals surface area contributed by atoms with Gasteiger partial charge in [0.2, 0.25) is 0 Å². The molecule has 6 nitrogen and oxygen atoms in total. The molecule has 1 unspecified atom stereocenters. The molecule has 0 heterocycles.